The van der Waals surface area contributed by atoms with E-state index in [4.69, 9.17) is 4.74 Å². The third-order valence-corrected chi connectivity index (χ3v) is 4.04. The van der Waals surface area contributed by atoms with Crippen LogP contribution in [0.4, 0.5) is 0 Å². The van der Waals surface area contributed by atoms with Crippen molar-refractivity contribution in [1.82, 2.24) is 0 Å². The van der Waals surface area contributed by atoms with E-state index in [1.165, 1.54) is 18.9 Å². The second kappa shape index (κ2) is 16.4. The van der Waals surface area contributed by atoms with Crippen molar-refractivity contribution in [3.63, 3.8) is 0 Å². The van der Waals surface area contributed by atoms with Gasteiger partial charge < -0.3 is 4.74 Å². The first-order valence-corrected chi connectivity index (χ1v) is 9.96. The van der Waals surface area contributed by atoms with Crippen molar-refractivity contribution in [3.05, 3.63) is 72.9 Å². The van der Waals surface area contributed by atoms with Crippen LogP contribution < -0.4 is 0 Å². The third-order valence-electron chi connectivity index (χ3n) is 4.04. The molecule has 1 rings (SSSR count). The second-order valence-electron chi connectivity index (χ2n) is 6.54. The van der Waals surface area contributed by atoms with Crippen LogP contribution in [0.1, 0.15) is 64.7 Å². The average Bonchev–Trinajstić information content (AvgIpc) is 2.62. The van der Waals surface area contributed by atoms with Gasteiger partial charge in [0, 0.05) is 6.08 Å². The van der Waals surface area contributed by atoms with Crippen LogP contribution in [-0.4, -0.2) is 12.1 Å². The van der Waals surface area contributed by atoms with Crippen LogP contribution in [0.2, 0.25) is 0 Å². The molecular weight excluding hydrogens is 320 g/mol. The van der Waals surface area contributed by atoms with Crippen molar-refractivity contribution >= 4 is 5.97 Å². The molecule has 1 atom stereocenters. The largest absolute Gasteiger partial charge is 0.460 e. The Bertz CT molecular complexity index is 532. The zero-order valence-electron chi connectivity index (χ0n) is 16.2. The minimum atomic E-state index is -0.264. The zero-order chi connectivity index (χ0) is 18.7. The molecular formula is C24H34O2. The number of cyclic esters (lactones) is 1. The number of allylic oxidation sites excluding steroid dienone is 11. The smallest absolute Gasteiger partial charge is 0.331 e. The molecule has 0 amide bonds. The maximum Gasteiger partial charge on any atom is 0.331 e. The van der Waals surface area contributed by atoms with Crippen LogP contribution in [0, 0.1) is 0 Å². The van der Waals surface area contributed by atoms with Crippen LogP contribution in [0.25, 0.3) is 0 Å². The fraction of sp³-hybridized carbons (Fsp3) is 0.458. The van der Waals surface area contributed by atoms with Crippen LogP contribution in [0.15, 0.2) is 72.9 Å². The summed E-state index contributed by atoms with van der Waals surface area (Å²) in [5.74, 6) is -0.264. The van der Waals surface area contributed by atoms with E-state index in [1.54, 1.807) is 6.08 Å². The molecule has 26 heavy (non-hydrogen) atoms. The summed E-state index contributed by atoms with van der Waals surface area (Å²) in [6.45, 7) is 1.95. The third kappa shape index (κ3) is 14.3. The van der Waals surface area contributed by atoms with Crippen molar-refractivity contribution in [2.45, 2.75) is 70.8 Å². The molecule has 142 valence electrons. The molecule has 2 heteroatoms. The Labute approximate surface area is 159 Å². The van der Waals surface area contributed by atoms with Gasteiger partial charge >= 0.3 is 5.97 Å². The number of carbonyl (C=O) groups excluding carboxylic acids is 1. The summed E-state index contributed by atoms with van der Waals surface area (Å²) in [6.07, 6.45) is 34.2. The predicted octanol–water partition coefficient (Wildman–Crippen LogP) is 6.78. The lowest BCUT2D eigenvalue weighted by atomic mass is 10.1. The molecule has 0 aromatic heterocycles. The summed E-state index contributed by atoms with van der Waals surface area (Å²) in [7, 11) is 0. The lowest BCUT2D eigenvalue weighted by Gasteiger charge is -2.10. The van der Waals surface area contributed by atoms with E-state index < -0.39 is 0 Å². The van der Waals surface area contributed by atoms with Crippen molar-refractivity contribution in [1.29, 1.82) is 0 Å². The molecule has 0 saturated heterocycles. The molecule has 0 aromatic carbocycles. The molecule has 0 N–H and O–H groups in total. The van der Waals surface area contributed by atoms with Gasteiger partial charge in [-0.15, -0.1) is 0 Å². The topological polar surface area (TPSA) is 26.3 Å². The summed E-state index contributed by atoms with van der Waals surface area (Å²) < 4.78 is 5.37. The molecule has 1 unspecified atom stereocenters. The van der Waals surface area contributed by atoms with Gasteiger partial charge in [0.15, 0.2) is 0 Å². The Morgan fingerprint density at radius 2 is 1.15 bits per heavy atom. The zero-order valence-corrected chi connectivity index (χ0v) is 16.2. The van der Waals surface area contributed by atoms with Gasteiger partial charge in [-0.05, 0) is 64.7 Å². The number of ether oxygens (including phenoxy) is 1. The number of carbonyl (C=O) groups is 1. The Morgan fingerprint density at radius 3 is 1.73 bits per heavy atom. The number of esters is 1. The lowest BCUT2D eigenvalue weighted by Crippen LogP contribution is -2.12. The van der Waals surface area contributed by atoms with Crippen LogP contribution in [0.3, 0.4) is 0 Å². The molecule has 0 bridgehead atoms. The number of hydrogen-bond donors (Lipinski definition) is 0. The Kier molecular flexibility index (Phi) is 13.8. The standard InChI is InChI=1S/C24H34O2/c1-23-21-19-17-15-13-11-9-7-5-3-2-4-6-8-10-12-14-16-18-20-22-24(25)26-23/h4,6,8-11,13,15-16,18,20,22-23H,2-3,5,7,12,14,17,19,21H2,1H3/b6-4-,10-8+,11-9+,15-13+,18-16+,22-20-. The lowest BCUT2D eigenvalue weighted by molar-refractivity contribution is -0.142. The molecule has 0 radical (unpaired) electrons. The summed E-state index contributed by atoms with van der Waals surface area (Å²) in [5, 5.41) is 0. The SMILES string of the molecule is CC1CCC/C=C/C=C/CCCC/C=C\C=C\CC/C=C/C=C\C(=O)O1. The average molecular weight is 355 g/mol. The fourth-order valence-corrected chi connectivity index (χ4v) is 2.54. The number of rotatable bonds is 0. The van der Waals surface area contributed by atoms with Gasteiger partial charge in [0.25, 0.3) is 0 Å². The van der Waals surface area contributed by atoms with Crippen molar-refractivity contribution < 1.29 is 9.53 Å². The highest BCUT2D eigenvalue weighted by Crippen LogP contribution is 2.07. The minimum absolute atomic E-state index is 0.0381. The molecule has 0 fully saturated rings. The molecule has 1 heterocycles. The van der Waals surface area contributed by atoms with Crippen molar-refractivity contribution in [2.24, 2.45) is 0 Å². The first-order chi connectivity index (χ1) is 12.8. The predicted molar refractivity (Wildman–Crippen MR) is 112 cm³/mol. The summed E-state index contributed by atoms with van der Waals surface area (Å²) in [6, 6.07) is 0. The molecule has 0 saturated carbocycles. The molecule has 0 aliphatic carbocycles. The maximum absolute atomic E-state index is 11.7. The second-order valence-corrected chi connectivity index (χ2v) is 6.54. The Balaban J connectivity index is 2.45. The van der Waals surface area contributed by atoms with Crippen LogP contribution in [-0.2, 0) is 9.53 Å². The van der Waals surface area contributed by atoms with Crippen LogP contribution >= 0.6 is 0 Å². The van der Waals surface area contributed by atoms with Crippen molar-refractivity contribution in [2.75, 3.05) is 0 Å². The highest BCUT2D eigenvalue weighted by molar-refractivity contribution is 5.82. The van der Waals surface area contributed by atoms with E-state index in [0.29, 0.717) is 0 Å². The van der Waals surface area contributed by atoms with E-state index in [0.717, 1.165) is 44.9 Å². The first kappa shape index (κ1) is 22.0. The van der Waals surface area contributed by atoms with Gasteiger partial charge in [0.2, 0.25) is 0 Å². The normalized spacial score (nSPS) is 29.4. The fourth-order valence-electron chi connectivity index (χ4n) is 2.54. The molecule has 0 spiro atoms. The first-order valence-electron chi connectivity index (χ1n) is 9.96. The minimum Gasteiger partial charge on any atom is -0.460 e. The molecule has 2 nitrogen and oxygen atoms in total. The van der Waals surface area contributed by atoms with E-state index >= 15 is 0 Å². The van der Waals surface area contributed by atoms with E-state index in [9.17, 15) is 4.79 Å². The monoisotopic (exact) mass is 354 g/mol. The van der Waals surface area contributed by atoms with Gasteiger partial charge in [-0.3, -0.25) is 0 Å². The van der Waals surface area contributed by atoms with E-state index in [1.807, 2.05) is 13.0 Å². The molecule has 1 aliphatic rings. The summed E-state index contributed by atoms with van der Waals surface area (Å²) in [4.78, 5) is 11.7. The Morgan fingerprint density at radius 1 is 0.692 bits per heavy atom. The quantitative estimate of drug-likeness (QED) is 0.448. The van der Waals surface area contributed by atoms with Gasteiger partial charge in [0.05, 0.1) is 6.10 Å². The highest BCUT2D eigenvalue weighted by atomic mass is 16.5. The van der Waals surface area contributed by atoms with Gasteiger partial charge in [0.1, 0.15) is 0 Å². The Hall–Kier alpha value is -2.09. The molecule has 1 aliphatic heterocycles. The van der Waals surface area contributed by atoms with Crippen molar-refractivity contribution in [3.8, 4) is 0 Å². The van der Waals surface area contributed by atoms with Crippen LogP contribution in [0.5, 0.6) is 0 Å². The van der Waals surface area contributed by atoms with Gasteiger partial charge in [-0.25, -0.2) is 4.79 Å². The summed E-state index contributed by atoms with van der Waals surface area (Å²) >= 11 is 0. The molecule has 0 aromatic rings. The van der Waals surface area contributed by atoms with Gasteiger partial charge in [-0.1, -0.05) is 66.8 Å². The van der Waals surface area contributed by atoms with E-state index in [2.05, 4.69) is 54.7 Å². The van der Waals surface area contributed by atoms with Gasteiger partial charge in [-0.2, -0.15) is 0 Å². The van der Waals surface area contributed by atoms with E-state index in [-0.39, 0.29) is 12.1 Å². The maximum atomic E-state index is 11.7. The highest BCUT2D eigenvalue weighted by Gasteiger charge is 2.05. The summed E-state index contributed by atoms with van der Waals surface area (Å²) in [5.41, 5.74) is 0. The number of hydrogen-bond acceptors (Lipinski definition) is 2.